The molecule has 1 aromatic rings. The lowest BCUT2D eigenvalue weighted by molar-refractivity contribution is 0.382. The Morgan fingerprint density at radius 3 is 2.50 bits per heavy atom. The number of benzene rings is 1. The zero-order valence-corrected chi connectivity index (χ0v) is 11.7. The number of methoxy groups -OCH3 is 2. The number of ether oxygens (including phenoxy) is 2. The quantitative estimate of drug-likeness (QED) is 0.769. The van der Waals surface area contributed by atoms with E-state index >= 15 is 0 Å². The molecule has 0 saturated carbocycles. The molecule has 88 valence electrons. The smallest absolute Gasteiger partial charge is 0.126 e. The Hall–Kier alpha value is -0.700. The van der Waals surface area contributed by atoms with E-state index in [1.165, 1.54) is 11.1 Å². The van der Waals surface area contributed by atoms with Gasteiger partial charge in [-0.1, -0.05) is 29.8 Å². The SMILES string of the molecule is COc1cc(OC)c2c(c1)C(Br)CC2(C)C. The average molecular weight is 285 g/mol. The van der Waals surface area contributed by atoms with Gasteiger partial charge in [-0.3, -0.25) is 0 Å². The lowest BCUT2D eigenvalue weighted by Crippen LogP contribution is -2.13. The fraction of sp³-hybridized carbons (Fsp3) is 0.538. The summed E-state index contributed by atoms with van der Waals surface area (Å²) in [6.07, 6.45) is 1.09. The van der Waals surface area contributed by atoms with Crippen LogP contribution in [0.1, 0.15) is 36.2 Å². The lowest BCUT2D eigenvalue weighted by Gasteiger charge is -2.21. The van der Waals surface area contributed by atoms with Crippen molar-refractivity contribution >= 4 is 15.9 Å². The minimum atomic E-state index is 0.154. The van der Waals surface area contributed by atoms with Crippen LogP contribution in [0.25, 0.3) is 0 Å². The molecule has 0 aliphatic heterocycles. The van der Waals surface area contributed by atoms with E-state index in [9.17, 15) is 0 Å². The van der Waals surface area contributed by atoms with Crippen LogP contribution >= 0.6 is 15.9 Å². The molecule has 0 fully saturated rings. The van der Waals surface area contributed by atoms with E-state index in [0.717, 1.165) is 17.9 Å². The lowest BCUT2D eigenvalue weighted by atomic mass is 9.86. The highest BCUT2D eigenvalue weighted by molar-refractivity contribution is 9.09. The minimum absolute atomic E-state index is 0.154. The number of hydrogen-bond donors (Lipinski definition) is 0. The molecule has 0 saturated heterocycles. The first-order valence-electron chi connectivity index (χ1n) is 5.40. The van der Waals surface area contributed by atoms with Crippen molar-refractivity contribution in [2.24, 2.45) is 0 Å². The molecule has 2 nitrogen and oxygen atoms in total. The molecule has 16 heavy (non-hydrogen) atoms. The van der Waals surface area contributed by atoms with E-state index < -0.39 is 0 Å². The summed E-state index contributed by atoms with van der Waals surface area (Å²) in [6, 6.07) is 4.07. The van der Waals surface area contributed by atoms with Crippen LogP contribution in [0.5, 0.6) is 11.5 Å². The van der Waals surface area contributed by atoms with Gasteiger partial charge in [0.25, 0.3) is 0 Å². The van der Waals surface area contributed by atoms with Gasteiger partial charge in [0.15, 0.2) is 0 Å². The Morgan fingerprint density at radius 2 is 1.94 bits per heavy atom. The molecule has 0 radical (unpaired) electrons. The van der Waals surface area contributed by atoms with Gasteiger partial charge in [0.2, 0.25) is 0 Å². The Bertz CT molecular complexity index is 413. The summed E-state index contributed by atoms with van der Waals surface area (Å²) >= 11 is 3.73. The second-order valence-electron chi connectivity index (χ2n) is 4.85. The van der Waals surface area contributed by atoms with Crippen LogP contribution in [-0.4, -0.2) is 14.2 Å². The predicted molar refractivity (Wildman–Crippen MR) is 68.9 cm³/mol. The summed E-state index contributed by atoms with van der Waals surface area (Å²) in [6.45, 7) is 4.50. The number of rotatable bonds is 2. The van der Waals surface area contributed by atoms with Crippen LogP contribution in [0.15, 0.2) is 12.1 Å². The van der Waals surface area contributed by atoms with Crippen molar-refractivity contribution in [3.63, 3.8) is 0 Å². The fourth-order valence-corrected chi connectivity index (χ4v) is 3.69. The van der Waals surface area contributed by atoms with Crippen molar-refractivity contribution in [2.75, 3.05) is 14.2 Å². The molecule has 0 spiro atoms. The molecule has 1 aliphatic rings. The van der Waals surface area contributed by atoms with Crippen LogP contribution in [0.3, 0.4) is 0 Å². The maximum atomic E-state index is 5.48. The number of hydrogen-bond acceptors (Lipinski definition) is 2. The molecule has 0 N–H and O–H groups in total. The molecule has 1 aromatic carbocycles. The molecule has 0 bridgehead atoms. The van der Waals surface area contributed by atoms with Crippen molar-refractivity contribution in [1.29, 1.82) is 0 Å². The monoisotopic (exact) mass is 284 g/mol. The third kappa shape index (κ3) is 1.71. The van der Waals surface area contributed by atoms with Gasteiger partial charge < -0.3 is 9.47 Å². The van der Waals surface area contributed by atoms with Gasteiger partial charge >= 0.3 is 0 Å². The second kappa shape index (κ2) is 3.95. The summed E-state index contributed by atoms with van der Waals surface area (Å²) in [7, 11) is 3.40. The first-order chi connectivity index (χ1) is 7.49. The van der Waals surface area contributed by atoms with Gasteiger partial charge in [-0.05, 0) is 23.5 Å². The Labute approximate surface area is 105 Å². The molecular formula is C13H17BrO2. The number of alkyl halides is 1. The van der Waals surface area contributed by atoms with Crippen molar-refractivity contribution in [3.8, 4) is 11.5 Å². The number of halogens is 1. The van der Waals surface area contributed by atoms with Crippen molar-refractivity contribution in [2.45, 2.75) is 30.5 Å². The van der Waals surface area contributed by atoms with E-state index in [1.54, 1.807) is 14.2 Å². The third-order valence-electron chi connectivity index (χ3n) is 3.27. The summed E-state index contributed by atoms with van der Waals surface area (Å²) in [5.41, 5.74) is 2.75. The molecule has 0 heterocycles. The number of fused-ring (bicyclic) bond motifs is 1. The molecule has 0 amide bonds. The highest BCUT2D eigenvalue weighted by Gasteiger charge is 2.38. The molecule has 1 aliphatic carbocycles. The molecule has 3 heteroatoms. The maximum absolute atomic E-state index is 5.48. The normalized spacial score (nSPS) is 21.7. The summed E-state index contributed by atoms with van der Waals surface area (Å²) in [5.74, 6) is 1.79. The van der Waals surface area contributed by atoms with Crippen molar-refractivity contribution in [1.82, 2.24) is 0 Å². The first kappa shape index (κ1) is 11.8. The Morgan fingerprint density at radius 1 is 1.25 bits per heavy atom. The molecule has 0 aromatic heterocycles. The Balaban J connectivity index is 2.64. The van der Waals surface area contributed by atoms with Gasteiger partial charge in [0.05, 0.1) is 14.2 Å². The van der Waals surface area contributed by atoms with Crippen LogP contribution in [0.2, 0.25) is 0 Å². The third-order valence-corrected chi connectivity index (χ3v) is 4.08. The van der Waals surface area contributed by atoms with E-state index in [1.807, 2.05) is 6.07 Å². The fourth-order valence-electron chi connectivity index (χ4n) is 2.52. The van der Waals surface area contributed by atoms with E-state index in [4.69, 9.17) is 9.47 Å². The largest absolute Gasteiger partial charge is 0.497 e. The van der Waals surface area contributed by atoms with Crippen LogP contribution in [-0.2, 0) is 5.41 Å². The van der Waals surface area contributed by atoms with Gasteiger partial charge in [-0.2, -0.15) is 0 Å². The summed E-state index contributed by atoms with van der Waals surface area (Å²) in [4.78, 5) is 0.390. The van der Waals surface area contributed by atoms with Crippen molar-refractivity contribution < 1.29 is 9.47 Å². The highest BCUT2D eigenvalue weighted by atomic mass is 79.9. The molecule has 1 unspecified atom stereocenters. The topological polar surface area (TPSA) is 18.5 Å². The van der Waals surface area contributed by atoms with Crippen LogP contribution < -0.4 is 9.47 Å². The van der Waals surface area contributed by atoms with Gasteiger partial charge in [0.1, 0.15) is 11.5 Å². The van der Waals surface area contributed by atoms with E-state index in [2.05, 4.69) is 35.8 Å². The maximum Gasteiger partial charge on any atom is 0.126 e. The average Bonchev–Trinajstić information content (AvgIpc) is 2.48. The standard InChI is InChI=1S/C13H17BrO2/c1-13(2)7-10(14)9-5-8(15-3)6-11(16-4)12(9)13/h5-6,10H,7H2,1-4H3. The Kier molecular flexibility index (Phi) is 2.91. The molecular weight excluding hydrogens is 268 g/mol. The highest BCUT2D eigenvalue weighted by Crippen LogP contribution is 2.53. The van der Waals surface area contributed by atoms with Gasteiger partial charge in [-0.25, -0.2) is 0 Å². The first-order valence-corrected chi connectivity index (χ1v) is 6.31. The zero-order chi connectivity index (χ0) is 11.9. The minimum Gasteiger partial charge on any atom is -0.497 e. The molecule has 1 atom stereocenters. The zero-order valence-electron chi connectivity index (χ0n) is 10.1. The molecule has 2 rings (SSSR count). The summed E-state index contributed by atoms with van der Waals surface area (Å²) in [5, 5.41) is 0. The van der Waals surface area contributed by atoms with Gasteiger partial charge in [-0.15, -0.1) is 0 Å². The summed E-state index contributed by atoms with van der Waals surface area (Å²) < 4.78 is 10.8. The van der Waals surface area contributed by atoms with Gasteiger partial charge in [0, 0.05) is 16.5 Å². The van der Waals surface area contributed by atoms with Crippen molar-refractivity contribution in [3.05, 3.63) is 23.3 Å². The van der Waals surface area contributed by atoms with Crippen LogP contribution in [0.4, 0.5) is 0 Å². The van der Waals surface area contributed by atoms with E-state index in [-0.39, 0.29) is 5.41 Å². The second-order valence-corrected chi connectivity index (χ2v) is 5.95. The van der Waals surface area contributed by atoms with E-state index in [0.29, 0.717) is 4.83 Å². The van der Waals surface area contributed by atoms with Crippen LogP contribution in [0, 0.1) is 0 Å². The predicted octanol–water partition coefficient (Wildman–Crippen LogP) is 3.82.